The second-order valence-electron chi connectivity index (χ2n) is 7.48. The molecule has 3 nitrogen and oxygen atoms in total. The number of carbonyl (C=O) groups excluding carboxylic acids is 1. The van der Waals surface area contributed by atoms with Crippen molar-refractivity contribution >= 4 is 16.8 Å². The molecule has 5 rings (SSSR count). The van der Waals surface area contributed by atoms with E-state index >= 15 is 0 Å². The van der Waals surface area contributed by atoms with E-state index in [0.717, 1.165) is 36.0 Å². The molecular weight excluding hydrogens is 339 g/mol. The van der Waals surface area contributed by atoms with Gasteiger partial charge in [-0.25, -0.2) is 4.39 Å². The van der Waals surface area contributed by atoms with Crippen LogP contribution >= 0.6 is 0 Å². The molecule has 0 radical (unpaired) electrons. The lowest BCUT2D eigenvalue weighted by molar-refractivity contribution is -0.130. The van der Waals surface area contributed by atoms with Crippen molar-refractivity contribution in [3.8, 4) is 12.3 Å². The Morgan fingerprint density at radius 2 is 1.89 bits per heavy atom. The van der Waals surface area contributed by atoms with E-state index in [9.17, 15) is 9.18 Å². The van der Waals surface area contributed by atoms with Gasteiger partial charge < -0.3 is 9.88 Å². The minimum Gasteiger partial charge on any atom is -0.356 e. The second-order valence-corrected chi connectivity index (χ2v) is 7.48. The molecule has 3 aromatic rings. The van der Waals surface area contributed by atoms with Crippen molar-refractivity contribution in [2.24, 2.45) is 5.92 Å². The molecule has 0 unspecified atom stereocenters. The van der Waals surface area contributed by atoms with E-state index in [1.54, 1.807) is 12.1 Å². The molecule has 2 heterocycles. The lowest BCUT2D eigenvalue weighted by Gasteiger charge is -2.41. The van der Waals surface area contributed by atoms with Gasteiger partial charge in [-0.3, -0.25) is 4.79 Å². The van der Waals surface area contributed by atoms with Gasteiger partial charge >= 0.3 is 0 Å². The molecule has 1 N–H and O–H groups in total. The van der Waals surface area contributed by atoms with Crippen molar-refractivity contribution in [2.75, 3.05) is 0 Å². The lowest BCUT2D eigenvalue weighted by atomic mass is 9.86. The first-order valence-electron chi connectivity index (χ1n) is 9.31. The van der Waals surface area contributed by atoms with Crippen LogP contribution in [0.4, 0.5) is 4.39 Å². The maximum atomic E-state index is 13.5. The molecule has 2 aromatic carbocycles. The Morgan fingerprint density at radius 3 is 2.59 bits per heavy atom. The Morgan fingerprint density at radius 1 is 1.15 bits per heavy atom. The molecular formula is C23H19FN2O. The van der Waals surface area contributed by atoms with Gasteiger partial charge in [0.1, 0.15) is 5.82 Å². The molecule has 27 heavy (non-hydrogen) atoms. The van der Waals surface area contributed by atoms with E-state index < -0.39 is 0 Å². The molecule has 1 aliphatic heterocycles. The molecule has 134 valence electrons. The normalized spacial score (nSPS) is 21.7. The summed E-state index contributed by atoms with van der Waals surface area (Å²) in [5, 5.41) is 1.19. The first kappa shape index (κ1) is 16.1. The summed E-state index contributed by atoms with van der Waals surface area (Å²) in [6.45, 7) is 0. The average molecular weight is 358 g/mol. The Kier molecular flexibility index (Phi) is 3.58. The number of aromatic nitrogens is 1. The predicted molar refractivity (Wildman–Crippen MR) is 102 cm³/mol. The quantitative estimate of drug-likeness (QED) is 0.685. The number of halogens is 1. The summed E-state index contributed by atoms with van der Waals surface area (Å²) in [6, 6.07) is 14.3. The van der Waals surface area contributed by atoms with Crippen LogP contribution in [0.25, 0.3) is 10.9 Å². The standard InChI is InChI=1S/C23H19FN2O/c1-2-21(27)26-20(14-7-8-14)13-18-17-5-3-4-6-19(17)25-22(18)23(26)15-9-11-16(24)12-10-15/h1,3-6,9-12,14,20,23,25H,7-8,13H2/t20-,23+/m1/s1. The van der Waals surface area contributed by atoms with E-state index in [1.165, 1.54) is 23.1 Å². The van der Waals surface area contributed by atoms with Crippen LogP contribution in [0.3, 0.4) is 0 Å². The molecule has 2 atom stereocenters. The van der Waals surface area contributed by atoms with Crippen LogP contribution in [0.5, 0.6) is 0 Å². The van der Waals surface area contributed by atoms with Gasteiger partial charge in [0.25, 0.3) is 5.91 Å². The molecule has 1 aromatic heterocycles. The van der Waals surface area contributed by atoms with Crippen LogP contribution in [0, 0.1) is 24.1 Å². The molecule has 0 spiro atoms. The van der Waals surface area contributed by atoms with E-state index in [0.29, 0.717) is 5.92 Å². The lowest BCUT2D eigenvalue weighted by Crippen LogP contribution is -2.48. The summed E-state index contributed by atoms with van der Waals surface area (Å²) in [5.41, 5.74) is 4.17. The molecule has 1 fully saturated rings. The summed E-state index contributed by atoms with van der Waals surface area (Å²) in [6.07, 6.45) is 8.57. The van der Waals surface area contributed by atoms with Crippen LogP contribution in [-0.4, -0.2) is 21.8 Å². The number of amides is 1. The number of terminal acetylenes is 1. The Bertz CT molecular complexity index is 1070. The maximum Gasteiger partial charge on any atom is 0.299 e. The Balaban J connectivity index is 1.75. The molecule has 1 saturated carbocycles. The smallest absolute Gasteiger partial charge is 0.299 e. The second kappa shape index (κ2) is 5.99. The number of benzene rings is 2. The fraction of sp³-hybridized carbons (Fsp3) is 0.261. The van der Waals surface area contributed by atoms with E-state index in [4.69, 9.17) is 6.42 Å². The third-order valence-corrected chi connectivity index (χ3v) is 5.88. The number of hydrogen-bond donors (Lipinski definition) is 1. The zero-order valence-electron chi connectivity index (χ0n) is 14.8. The summed E-state index contributed by atoms with van der Waals surface area (Å²) in [7, 11) is 0. The summed E-state index contributed by atoms with van der Waals surface area (Å²) in [5.74, 6) is 2.21. The van der Waals surface area contributed by atoms with Gasteiger partial charge in [-0.2, -0.15) is 0 Å². The number of H-pyrrole nitrogens is 1. The third kappa shape index (κ3) is 2.54. The van der Waals surface area contributed by atoms with Gasteiger partial charge in [0.05, 0.1) is 6.04 Å². The summed E-state index contributed by atoms with van der Waals surface area (Å²) >= 11 is 0. The highest BCUT2D eigenvalue weighted by Crippen LogP contribution is 2.47. The number of hydrogen-bond acceptors (Lipinski definition) is 1. The average Bonchev–Trinajstić information content (AvgIpc) is 3.47. The van der Waals surface area contributed by atoms with Crippen LogP contribution in [-0.2, 0) is 11.2 Å². The zero-order valence-corrected chi connectivity index (χ0v) is 14.8. The van der Waals surface area contributed by atoms with Crippen molar-refractivity contribution < 1.29 is 9.18 Å². The summed E-state index contributed by atoms with van der Waals surface area (Å²) < 4.78 is 13.5. The number of nitrogens with zero attached hydrogens (tertiary/aromatic N) is 1. The van der Waals surface area contributed by atoms with Gasteiger partial charge in [-0.05, 0) is 60.4 Å². The van der Waals surface area contributed by atoms with Crippen LogP contribution in [0.15, 0.2) is 48.5 Å². The molecule has 1 aliphatic carbocycles. The predicted octanol–water partition coefficient (Wildman–Crippen LogP) is 4.19. The van der Waals surface area contributed by atoms with Crippen LogP contribution < -0.4 is 0 Å². The first-order chi connectivity index (χ1) is 13.2. The highest BCUT2D eigenvalue weighted by molar-refractivity contribution is 5.95. The zero-order chi connectivity index (χ0) is 18.5. The fourth-order valence-corrected chi connectivity index (χ4v) is 4.50. The minimum atomic E-state index is -0.323. The number of para-hydroxylation sites is 1. The van der Waals surface area contributed by atoms with E-state index in [-0.39, 0.29) is 23.8 Å². The largest absolute Gasteiger partial charge is 0.356 e. The van der Waals surface area contributed by atoms with Crippen LogP contribution in [0.2, 0.25) is 0 Å². The Labute approximate surface area is 157 Å². The van der Waals surface area contributed by atoms with Crippen molar-refractivity contribution in [1.82, 2.24) is 9.88 Å². The highest BCUT2D eigenvalue weighted by Gasteiger charge is 2.46. The highest BCUT2D eigenvalue weighted by atomic mass is 19.1. The topological polar surface area (TPSA) is 36.1 Å². The van der Waals surface area contributed by atoms with Gasteiger partial charge in [-0.1, -0.05) is 30.3 Å². The minimum absolute atomic E-state index is 0.0790. The van der Waals surface area contributed by atoms with Crippen LogP contribution in [0.1, 0.15) is 35.7 Å². The number of aromatic amines is 1. The fourth-order valence-electron chi connectivity index (χ4n) is 4.50. The van der Waals surface area contributed by atoms with Crippen molar-refractivity contribution in [3.63, 3.8) is 0 Å². The van der Waals surface area contributed by atoms with Crippen molar-refractivity contribution in [3.05, 3.63) is 71.2 Å². The molecule has 0 bridgehead atoms. The van der Waals surface area contributed by atoms with Gasteiger partial charge in [0.15, 0.2) is 0 Å². The van der Waals surface area contributed by atoms with Gasteiger partial charge in [0, 0.05) is 22.6 Å². The monoisotopic (exact) mass is 358 g/mol. The van der Waals surface area contributed by atoms with E-state index in [1.807, 2.05) is 17.0 Å². The summed E-state index contributed by atoms with van der Waals surface area (Å²) in [4.78, 5) is 18.1. The molecule has 4 heteroatoms. The Hall–Kier alpha value is -3.06. The molecule has 1 amide bonds. The van der Waals surface area contributed by atoms with Crippen molar-refractivity contribution in [1.29, 1.82) is 0 Å². The van der Waals surface area contributed by atoms with Gasteiger partial charge in [-0.15, -0.1) is 6.42 Å². The van der Waals surface area contributed by atoms with E-state index in [2.05, 4.69) is 23.0 Å². The number of rotatable bonds is 2. The molecule has 2 aliphatic rings. The number of fused-ring (bicyclic) bond motifs is 3. The maximum absolute atomic E-state index is 13.5. The number of nitrogens with one attached hydrogen (secondary N) is 1. The van der Waals surface area contributed by atoms with Gasteiger partial charge in [0.2, 0.25) is 0 Å². The van der Waals surface area contributed by atoms with Crippen molar-refractivity contribution in [2.45, 2.75) is 31.3 Å². The SMILES string of the molecule is C#CC(=O)N1[C@@H](c2ccc(F)cc2)c2[nH]c3ccccc3c2C[C@@H]1C1CC1. The molecule has 0 saturated heterocycles. The first-order valence-corrected chi connectivity index (χ1v) is 9.31. The third-order valence-electron chi connectivity index (χ3n) is 5.88. The number of carbonyl (C=O) groups is 1.